The van der Waals surface area contributed by atoms with Crippen molar-refractivity contribution in [1.29, 1.82) is 0 Å². The number of ether oxygens (including phenoxy) is 1. The van der Waals surface area contributed by atoms with Gasteiger partial charge in [-0.2, -0.15) is 5.10 Å². The van der Waals surface area contributed by atoms with E-state index in [2.05, 4.69) is 10.1 Å². The molecule has 5 nitrogen and oxygen atoms in total. The first-order valence-electron chi connectivity index (χ1n) is 6.08. The lowest BCUT2D eigenvalue weighted by Crippen LogP contribution is -2.03. The van der Waals surface area contributed by atoms with E-state index in [0.29, 0.717) is 17.4 Å². The fourth-order valence-corrected chi connectivity index (χ4v) is 2.23. The molecular weight excluding hydrogens is 276 g/mol. The van der Waals surface area contributed by atoms with Gasteiger partial charge in [-0.25, -0.2) is 9.67 Å². The minimum Gasteiger partial charge on any atom is -0.497 e. The molecule has 0 saturated heterocycles. The molecule has 0 aliphatic carbocycles. The summed E-state index contributed by atoms with van der Waals surface area (Å²) in [5.41, 5.74) is 7.71. The van der Waals surface area contributed by atoms with Gasteiger partial charge < -0.3 is 10.5 Å². The number of fused-ring (bicyclic) bond motifs is 1. The summed E-state index contributed by atoms with van der Waals surface area (Å²) in [5, 5.41) is 5.63. The molecule has 0 saturated carbocycles. The number of nitrogens with two attached hydrogens (primary N) is 1. The highest BCUT2D eigenvalue weighted by Gasteiger charge is 2.10. The van der Waals surface area contributed by atoms with Crippen LogP contribution in [0.5, 0.6) is 5.75 Å². The third-order valence-electron chi connectivity index (χ3n) is 3.07. The number of rotatable bonds is 3. The molecule has 2 heterocycles. The van der Waals surface area contributed by atoms with Crippen molar-refractivity contribution in [3.05, 3.63) is 47.1 Å². The fraction of sp³-hybridized carbons (Fsp3) is 0.143. The summed E-state index contributed by atoms with van der Waals surface area (Å²) in [6.07, 6.45) is 1.59. The van der Waals surface area contributed by atoms with Gasteiger partial charge in [-0.15, -0.1) is 0 Å². The van der Waals surface area contributed by atoms with E-state index in [1.165, 1.54) is 0 Å². The third kappa shape index (κ3) is 2.28. The molecule has 0 unspecified atom stereocenters. The summed E-state index contributed by atoms with van der Waals surface area (Å²) < 4.78 is 6.90. The van der Waals surface area contributed by atoms with Crippen LogP contribution >= 0.6 is 11.6 Å². The Morgan fingerprint density at radius 1 is 1.30 bits per heavy atom. The van der Waals surface area contributed by atoms with Crippen LogP contribution in [0.1, 0.15) is 5.56 Å². The Morgan fingerprint density at radius 2 is 2.05 bits per heavy atom. The summed E-state index contributed by atoms with van der Waals surface area (Å²) in [6.45, 7) is 0.590. The zero-order valence-corrected chi connectivity index (χ0v) is 11.6. The molecule has 0 radical (unpaired) electrons. The number of pyridine rings is 1. The molecule has 1 aromatic carbocycles. The van der Waals surface area contributed by atoms with Gasteiger partial charge in [-0.3, -0.25) is 0 Å². The predicted octanol–water partition coefficient (Wildman–Crippen LogP) is 2.72. The Balaban J connectivity index is 1.97. The van der Waals surface area contributed by atoms with E-state index in [-0.39, 0.29) is 0 Å². The topological polar surface area (TPSA) is 66.0 Å². The lowest BCUT2D eigenvalue weighted by Gasteiger charge is -2.04. The van der Waals surface area contributed by atoms with Crippen LogP contribution in [0.2, 0.25) is 5.02 Å². The number of benzene rings is 1. The van der Waals surface area contributed by atoms with Crippen LogP contribution in [0.3, 0.4) is 0 Å². The molecule has 0 aliphatic heterocycles. The van der Waals surface area contributed by atoms with Crippen molar-refractivity contribution in [1.82, 2.24) is 14.8 Å². The summed E-state index contributed by atoms with van der Waals surface area (Å²) in [6, 6.07) is 9.57. The lowest BCUT2D eigenvalue weighted by molar-refractivity contribution is 0.414. The Labute approximate surface area is 120 Å². The average Bonchev–Trinajstić information content (AvgIpc) is 2.76. The van der Waals surface area contributed by atoms with Crippen molar-refractivity contribution in [2.45, 2.75) is 6.54 Å². The summed E-state index contributed by atoms with van der Waals surface area (Å²) >= 11 is 5.92. The van der Waals surface area contributed by atoms with Crippen molar-refractivity contribution in [2.75, 3.05) is 12.8 Å². The van der Waals surface area contributed by atoms with Gasteiger partial charge in [0.05, 0.1) is 24.1 Å². The van der Waals surface area contributed by atoms with Gasteiger partial charge in [0.25, 0.3) is 0 Å². The first-order chi connectivity index (χ1) is 9.67. The molecule has 6 heteroatoms. The first-order valence-corrected chi connectivity index (χ1v) is 6.45. The fourth-order valence-electron chi connectivity index (χ4n) is 2.07. The van der Waals surface area contributed by atoms with Gasteiger partial charge in [0, 0.05) is 6.20 Å². The van der Waals surface area contributed by atoms with Gasteiger partial charge in [-0.05, 0) is 23.8 Å². The number of hydrogen-bond donors (Lipinski definition) is 1. The number of anilines is 1. The molecule has 3 rings (SSSR count). The van der Waals surface area contributed by atoms with Crippen LogP contribution < -0.4 is 10.5 Å². The molecule has 0 fully saturated rings. The van der Waals surface area contributed by atoms with Crippen LogP contribution in [0, 0.1) is 0 Å². The first kappa shape index (κ1) is 12.7. The monoisotopic (exact) mass is 288 g/mol. The maximum Gasteiger partial charge on any atom is 0.160 e. The van der Waals surface area contributed by atoms with E-state index in [0.717, 1.165) is 22.3 Å². The van der Waals surface area contributed by atoms with Crippen LogP contribution in [0.15, 0.2) is 36.5 Å². The Hall–Kier alpha value is -2.27. The number of methoxy groups -OCH3 is 1. The second-order valence-electron chi connectivity index (χ2n) is 4.42. The second kappa shape index (κ2) is 5.02. The van der Waals surface area contributed by atoms with Crippen molar-refractivity contribution >= 4 is 28.5 Å². The van der Waals surface area contributed by atoms with Gasteiger partial charge in [-0.1, -0.05) is 23.7 Å². The maximum atomic E-state index is 5.92. The minimum absolute atomic E-state index is 0.434. The van der Waals surface area contributed by atoms with E-state index < -0.39 is 0 Å². The van der Waals surface area contributed by atoms with Crippen molar-refractivity contribution in [3.8, 4) is 5.75 Å². The van der Waals surface area contributed by atoms with Gasteiger partial charge >= 0.3 is 0 Å². The zero-order valence-electron chi connectivity index (χ0n) is 10.9. The number of nitrogen functional groups attached to an aromatic ring is 1. The molecule has 2 aromatic heterocycles. The minimum atomic E-state index is 0.434. The molecular formula is C14H13ClN4O. The molecule has 0 bridgehead atoms. The summed E-state index contributed by atoms with van der Waals surface area (Å²) in [7, 11) is 1.64. The summed E-state index contributed by atoms with van der Waals surface area (Å²) in [5.74, 6) is 1.26. The van der Waals surface area contributed by atoms with E-state index in [4.69, 9.17) is 22.1 Å². The van der Waals surface area contributed by atoms with Crippen molar-refractivity contribution in [3.63, 3.8) is 0 Å². The molecule has 20 heavy (non-hydrogen) atoms. The SMILES string of the molecule is COc1ccc(Cn2nc(N)c3cc(Cl)cnc32)cc1. The molecule has 102 valence electrons. The zero-order chi connectivity index (χ0) is 14.1. The third-order valence-corrected chi connectivity index (χ3v) is 3.28. The molecule has 0 aliphatic rings. The van der Waals surface area contributed by atoms with E-state index in [9.17, 15) is 0 Å². The van der Waals surface area contributed by atoms with E-state index in [1.54, 1.807) is 24.1 Å². The smallest absolute Gasteiger partial charge is 0.160 e. The highest BCUT2D eigenvalue weighted by Crippen LogP contribution is 2.23. The Kier molecular flexibility index (Phi) is 3.20. The quantitative estimate of drug-likeness (QED) is 0.805. The summed E-state index contributed by atoms with van der Waals surface area (Å²) in [4.78, 5) is 4.30. The average molecular weight is 289 g/mol. The van der Waals surface area contributed by atoms with Crippen LogP contribution in [0.4, 0.5) is 5.82 Å². The Bertz CT molecular complexity index is 752. The van der Waals surface area contributed by atoms with Crippen LogP contribution in [-0.2, 0) is 6.54 Å². The standard InChI is InChI=1S/C14H13ClN4O/c1-20-11-4-2-9(3-5-11)8-19-14-12(13(16)18-19)6-10(15)7-17-14/h2-7H,8H2,1H3,(H2,16,18). The number of hydrogen-bond acceptors (Lipinski definition) is 4. The van der Waals surface area contributed by atoms with Gasteiger partial charge in [0.1, 0.15) is 5.75 Å². The molecule has 0 atom stereocenters. The molecule has 0 spiro atoms. The number of nitrogens with zero attached hydrogens (tertiary/aromatic N) is 3. The van der Waals surface area contributed by atoms with E-state index in [1.807, 2.05) is 24.3 Å². The lowest BCUT2D eigenvalue weighted by atomic mass is 10.2. The van der Waals surface area contributed by atoms with Crippen molar-refractivity contribution in [2.24, 2.45) is 0 Å². The molecule has 2 N–H and O–H groups in total. The molecule has 3 aromatic rings. The van der Waals surface area contributed by atoms with Gasteiger partial charge in [0.2, 0.25) is 0 Å². The van der Waals surface area contributed by atoms with Crippen molar-refractivity contribution < 1.29 is 4.74 Å². The van der Waals surface area contributed by atoms with Crippen LogP contribution in [-0.4, -0.2) is 21.9 Å². The Morgan fingerprint density at radius 3 is 2.75 bits per heavy atom. The van der Waals surface area contributed by atoms with E-state index >= 15 is 0 Å². The largest absolute Gasteiger partial charge is 0.497 e. The number of aromatic nitrogens is 3. The maximum absolute atomic E-state index is 5.92. The normalized spacial score (nSPS) is 10.9. The van der Waals surface area contributed by atoms with Gasteiger partial charge in [0.15, 0.2) is 11.5 Å². The van der Waals surface area contributed by atoms with Crippen LogP contribution in [0.25, 0.3) is 11.0 Å². The molecule has 0 amide bonds. The highest BCUT2D eigenvalue weighted by molar-refractivity contribution is 6.31. The number of halogens is 1. The second-order valence-corrected chi connectivity index (χ2v) is 4.85. The predicted molar refractivity (Wildman–Crippen MR) is 79.0 cm³/mol. The highest BCUT2D eigenvalue weighted by atomic mass is 35.5.